The van der Waals surface area contributed by atoms with Crippen molar-refractivity contribution in [2.24, 2.45) is 0 Å². The van der Waals surface area contributed by atoms with Crippen LogP contribution in [0.15, 0.2) is 41.8 Å². The van der Waals surface area contributed by atoms with Gasteiger partial charge in [-0.15, -0.1) is 16.4 Å². The molecular formula is C15H13N3O3S. The molecule has 0 atom stereocenters. The molecule has 0 aliphatic rings. The Bertz CT molecular complexity index is 796. The molecule has 6 nitrogen and oxygen atoms in total. The third-order valence-electron chi connectivity index (χ3n) is 3.04. The molecule has 0 fully saturated rings. The van der Waals surface area contributed by atoms with E-state index in [2.05, 4.69) is 10.1 Å². The van der Waals surface area contributed by atoms with Crippen LogP contribution >= 0.6 is 11.3 Å². The van der Waals surface area contributed by atoms with Crippen molar-refractivity contribution in [2.45, 2.75) is 0 Å². The smallest absolute Gasteiger partial charge is 0.336 e. The maximum Gasteiger partial charge on any atom is 0.336 e. The van der Waals surface area contributed by atoms with Crippen LogP contribution in [0.4, 0.5) is 0 Å². The molecule has 0 bridgehead atoms. The van der Waals surface area contributed by atoms with E-state index in [9.17, 15) is 4.79 Å². The van der Waals surface area contributed by atoms with Crippen LogP contribution < -0.4 is 9.47 Å². The molecule has 3 rings (SSSR count). The molecule has 2 aromatic heterocycles. The first-order valence-corrected chi connectivity index (χ1v) is 7.35. The van der Waals surface area contributed by atoms with Crippen molar-refractivity contribution in [3.8, 4) is 22.5 Å². The zero-order valence-electron chi connectivity index (χ0n) is 12.0. The van der Waals surface area contributed by atoms with Crippen molar-refractivity contribution in [3.05, 3.63) is 47.3 Å². The number of aromatic nitrogens is 3. The molecule has 22 heavy (non-hydrogen) atoms. The molecule has 0 aliphatic carbocycles. The first-order chi connectivity index (χ1) is 10.7. The van der Waals surface area contributed by atoms with Gasteiger partial charge >= 0.3 is 6.01 Å². The SMILES string of the molecule is COc1nc(-c2cccs2)n(C(=O)c2ccccc2OC)n1. The molecule has 0 saturated carbocycles. The van der Waals surface area contributed by atoms with Gasteiger partial charge < -0.3 is 9.47 Å². The number of hydrogen-bond donors (Lipinski definition) is 0. The van der Waals surface area contributed by atoms with E-state index in [1.165, 1.54) is 30.2 Å². The minimum Gasteiger partial charge on any atom is -0.496 e. The quantitative estimate of drug-likeness (QED) is 0.740. The molecule has 1 aromatic carbocycles. The average molecular weight is 315 g/mol. The molecule has 112 valence electrons. The van der Waals surface area contributed by atoms with Crippen LogP contribution in [0.3, 0.4) is 0 Å². The molecule has 0 N–H and O–H groups in total. The summed E-state index contributed by atoms with van der Waals surface area (Å²) in [5, 5.41) is 6.03. The molecule has 7 heteroatoms. The van der Waals surface area contributed by atoms with E-state index >= 15 is 0 Å². The van der Waals surface area contributed by atoms with Gasteiger partial charge in [0.1, 0.15) is 5.75 Å². The number of ether oxygens (including phenoxy) is 2. The summed E-state index contributed by atoms with van der Waals surface area (Å²) in [4.78, 5) is 17.9. The van der Waals surface area contributed by atoms with Gasteiger partial charge in [0.25, 0.3) is 5.91 Å². The van der Waals surface area contributed by atoms with Crippen molar-refractivity contribution in [2.75, 3.05) is 14.2 Å². The van der Waals surface area contributed by atoms with Gasteiger partial charge in [-0.05, 0) is 23.6 Å². The Morgan fingerprint density at radius 1 is 1.14 bits per heavy atom. The molecule has 0 amide bonds. The molecule has 0 spiro atoms. The fourth-order valence-corrected chi connectivity index (χ4v) is 2.72. The normalized spacial score (nSPS) is 10.5. The lowest BCUT2D eigenvalue weighted by Crippen LogP contribution is -2.16. The Morgan fingerprint density at radius 3 is 2.64 bits per heavy atom. The second-order valence-electron chi connectivity index (χ2n) is 4.32. The standard InChI is InChI=1S/C15H13N3O3S/c1-20-11-7-4-3-6-10(11)14(19)18-13(12-8-5-9-22-12)16-15(17-18)21-2/h3-9H,1-2H3. The Labute approximate surface area is 130 Å². The molecular weight excluding hydrogens is 302 g/mol. The minimum atomic E-state index is -0.323. The Hall–Kier alpha value is -2.67. The zero-order chi connectivity index (χ0) is 15.5. The van der Waals surface area contributed by atoms with Crippen molar-refractivity contribution >= 4 is 17.2 Å². The first-order valence-electron chi connectivity index (χ1n) is 6.47. The Kier molecular flexibility index (Phi) is 3.88. The zero-order valence-corrected chi connectivity index (χ0v) is 12.8. The fourth-order valence-electron chi connectivity index (χ4n) is 2.02. The van der Waals surface area contributed by atoms with E-state index in [4.69, 9.17) is 9.47 Å². The summed E-state index contributed by atoms with van der Waals surface area (Å²) in [6.07, 6.45) is 0. The fraction of sp³-hybridized carbons (Fsp3) is 0.133. The lowest BCUT2D eigenvalue weighted by molar-refractivity contribution is 0.0942. The first kappa shape index (κ1) is 14.3. The van der Waals surface area contributed by atoms with Crippen LogP contribution in [0.5, 0.6) is 11.8 Å². The summed E-state index contributed by atoms with van der Waals surface area (Å²) in [6.45, 7) is 0. The number of hydrogen-bond acceptors (Lipinski definition) is 6. The highest BCUT2D eigenvalue weighted by Gasteiger charge is 2.22. The van der Waals surface area contributed by atoms with E-state index in [1.54, 1.807) is 24.3 Å². The van der Waals surface area contributed by atoms with Gasteiger partial charge in [0, 0.05) is 0 Å². The lowest BCUT2D eigenvalue weighted by Gasteiger charge is -2.07. The van der Waals surface area contributed by atoms with Crippen molar-refractivity contribution in [1.82, 2.24) is 14.8 Å². The Balaban J connectivity index is 2.11. The number of carbonyl (C=O) groups is 1. The van der Waals surface area contributed by atoms with E-state index in [0.717, 1.165) is 4.88 Å². The number of methoxy groups -OCH3 is 2. The van der Waals surface area contributed by atoms with Crippen molar-refractivity contribution in [1.29, 1.82) is 0 Å². The maximum atomic E-state index is 12.8. The number of benzene rings is 1. The summed E-state index contributed by atoms with van der Waals surface area (Å²) in [5.74, 6) is 0.610. The Morgan fingerprint density at radius 2 is 1.95 bits per heavy atom. The van der Waals surface area contributed by atoms with E-state index in [1.807, 2.05) is 17.5 Å². The number of nitrogens with zero attached hydrogens (tertiary/aromatic N) is 3. The van der Waals surface area contributed by atoms with Crippen molar-refractivity contribution in [3.63, 3.8) is 0 Å². The molecule has 2 heterocycles. The van der Waals surface area contributed by atoms with Crippen molar-refractivity contribution < 1.29 is 14.3 Å². The molecule has 3 aromatic rings. The number of para-hydroxylation sites is 1. The molecule has 0 saturated heterocycles. The van der Waals surface area contributed by atoms with Crippen LogP contribution in [-0.4, -0.2) is 34.9 Å². The lowest BCUT2D eigenvalue weighted by atomic mass is 10.2. The van der Waals surface area contributed by atoms with Gasteiger partial charge in [0.2, 0.25) is 0 Å². The van der Waals surface area contributed by atoms with Gasteiger partial charge in [-0.25, -0.2) is 0 Å². The largest absolute Gasteiger partial charge is 0.496 e. The number of rotatable bonds is 4. The van der Waals surface area contributed by atoms with E-state index in [0.29, 0.717) is 17.1 Å². The summed E-state index contributed by atoms with van der Waals surface area (Å²) < 4.78 is 11.5. The van der Waals surface area contributed by atoms with Crippen LogP contribution in [0.1, 0.15) is 10.4 Å². The van der Waals surface area contributed by atoms with Crippen LogP contribution in [-0.2, 0) is 0 Å². The molecule has 0 unspecified atom stereocenters. The third kappa shape index (κ3) is 2.46. The third-order valence-corrected chi connectivity index (χ3v) is 3.91. The van der Waals surface area contributed by atoms with Crippen LogP contribution in [0.25, 0.3) is 10.7 Å². The maximum absolute atomic E-state index is 12.8. The monoisotopic (exact) mass is 315 g/mol. The molecule has 0 radical (unpaired) electrons. The predicted octanol–water partition coefficient (Wildman–Crippen LogP) is 2.71. The van der Waals surface area contributed by atoms with Gasteiger partial charge in [-0.1, -0.05) is 18.2 Å². The second-order valence-corrected chi connectivity index (χ2v) is 5.26. The highest BCUT2D eigenvalue weighted by Crippen LogP contribution is 2.27. The highest BCUT2D eigenvalue weighted by atomic mass is 32.1. The summed E-state index contributed by atoms with van der Waals surface area (Å²) in [7, 11) is 2.99. The van der Waals surface area contributed by atoms with Gasteiger partial charge in [-0.3, -0.25) is 4.79 Å². The summed E-state index contributed by atoms with van der Waals surface area (Å²) in [5.41, 5.74) is 0.412. The van der Waals surface area contributed by atoms with Crippen LogP contribution in [0.2, 0.25) is 0 Å². The second kappa shape index (κ2) is 5.98. The number of thiophene rings is 1. The van der Waals surface area contributed by atoms with E-state index < -0.39 is 0 Å². The van der Waals surface area contributed by atoms with Gasteiger partial charge in [-0.2, -0.15) is 9.67 Å². The van der Waals surface area contributed by atoms with Crippen LogP contribution in [0, 0.1) is 0 Å². The van der Waals surface area contributed by atoms with Gasteiger partial charge in [0.05, 0.1) is 24.7 Å². The topological polar surface area (TPSA) is 66.2 Å². The number of carbonyl (C=O) groups excluding carboxylic acids is 1. The highest BCUT2D eigenvalue weighted by molar-refractivity contribution is 7.13. The van der Waals surface area contributed by atoms with E-state index in [-0.39, 0.29) is 11.9 Å². The molecule has 0 aliphatic heterocycles. The average Bonchev–Trinajstić information content (AvgIpc) is 3.22. The van der Waals surface area contributed by atoms with Gasteiger partial charge in [0.15, 0.2) is 5.82 Å². The minimum absolute atomic E-state index is 0.145. The summed E-state index contributed by atoms with van der Waals surface area (Å²) in [6, 6.07) is 10.9. The predicted molar refractivity (Wildman–Crippen MR) is 82.6 cm³/mol. The summed E-state index contributed by atoms with van der Waals surface area (Å²) >= 11 is 1.47.